The first-order valence-electron chi connectivity index (χ1n) is 11.8. The fourth-order valence-corrected chi connectivity index (χ4v) is 6.76. The highest BCUT2D eigenvalue weighted by Crippen LogP contribution is 2.39. The SMILES string of the molecule is O=C(Cn1cc(Br)cc(C(F)F)c1=O)N1CCC(c2nc(C3=NOC(c4c(Cl)cccc4Cl)C3)cs2)CC1. The Morgan fingerprint density at radius 3 is 2.63 bits per heavy atom. The second-order valence-corrected chi connectivity index (χ2v) is 11.7. The van der Waals surface area contributed by atoms with E-state index in [0.717, 1.165) is 27.0 Å². The third-order valence-corrected chi connectivity index (χ3v) is 8.73. The zero-order valence-electron chi connectivity index (χ0n) is 19.8. The highest BCUT2D eigenvalue weighted by Gasteiger charge is 2.31. The van der Waals surface area contributed by atoms with E-state index in [4.69, 9.17) is 33.0 Å². The lowest BCUT2D eigenvalue weighted by Crippen LogP contribution is -2.41. The van der Waals surface area contributed by atoms with Gasteiger partial charge in [-0.3, -0.25) is 9.59 Å². The van der Waals surface area contributed by atoms with Crippen molar-refractivity contribution in [2.24, 2.45) is 5.16 Å². The number of rotatable bonds is 6. The number of nitrogens with zero attached hydrogens (tertiary/aromatic N) is 4. The predicted octanol–water partition coefficient (Wildman–Crippen LogP) is 6.58. The topological polar surface area (TPSA) is 76.8 Å². The zero-order chi connectivity index (χ0) is 27.0. The molecule has 38 heavy (non-hydrogen) atoms. The van der Waals surface area contributed by atoms with E-state index < -0.39 is 17.5 Å². The van der Waals surface area contributed by atoms with Crippen molar-refractivity contribution in [2.45, 2.75) is 44.3 Å². The molecule has 3 aromatic rings. The van der Waals surface area contributed by atoms with Gasteiger partial charge in [0.1, 0.15) is 12.3 Å². The molecule has 1 saturated heterocycles. The number of likely N-dealkylation sites (tertiary alicyclic amines) is 1. The van der Waals surface area contributed by atoms with E-state index in [1.165, 1.54) is 6.20 Å². The Morgan fingerprint density at radius 1 is 1.24 bits per heavy atom. The third-order valence-electron chi connectivity index (χ3n) is 6.63. The van der Waals surface area contributed by atoms with Crippen LogP contribution in [0, 0.1) is 0 Å². The molecule has 0 spiro atoms. The molecule has 13 heteroatoms. The van der Waals surface area contributed by atoms with E-state index >= 15 is 0 Å². The van der Waals surface area contributed by atoms with Crippen molar-refractivity contribution in [3.8, 4) is 0 Å². The summed E-state index contributed by atoms with van der Waals surface area (Å²) in [6, 6.07) is 6.39. The van der Waals surface area contributed by atoms with Gasteiger partial charge >= 0.3 is 0 Å². The van der Waals surface area contributed by atoms with Crippen LogP contribution in [0.4, 0.5) is 8.78 Å². The van der Waals surface area contributed by atoms with Crippen molar-refractivity contribution >= 4 is 62.1 Å². The molecule has 0 aliphatic carbocycles. The minimum atomic E-state index is -2.91. The molecule has 0 bridgehead atoms. The molecule has 1 unspecified atom stereocenters. The number of benzene rings is 1. The van der Waals surface area contributed by atoms with Crippen LogP contribution < -0.4 is 5.56 Å². The highest BCUT2D eigenvalue weighted by atomic mass is 79.9. The number of hydrogen-bond acceptors (Lipinski definition) is 6. The van der Waals surface area contributed by atoms with Crippen LogP contribution in [0.5, 0.6) is 0 Å². The molecule has 0 saturated carbocycles. The summed E-state index contributed by atoms with van der Waals surface area (Å²) in [5.41, 5.74) is 0.683. The standard InChI is InChI=1S/C25H21BrCl2F2N4O3S/c26-14-8-15(23(29)30)25(36)34(10-14)11-21(35)33-6-4-13(5-7-33)24-31-19(12-38-24)18-9-20(37-32-18)22-16(27)2-1-3-17(22)28/h1-3,8,10,12-13,20,23H,4-7,9,11H2. The Kier molecular flexibility index (Phi) is 8.18. The van der Waals surface area contributed by atoms with E-state index in [1.54, 1.807) is 34.4 Å². The van der Waals surface area contributed by atoms with Crippen molar-refractivity contribution in [1.29, 1.82) is 0 Å². The van der Waals surface area contributed by atoms with Crippen molar-refractivity contribution in [3.05, 3.63) is 82.5 Å². The van der Waals surface area contributed by atoms with Gasteiger partial charge in [-0.05, 0) is 47.0 Å². The van der Waals surface area contributed by atoms with Gasteiger partial charge in [-0.2, -0.15) is 0 Å². The molecule has 1 amide bonds. The molecule has 1 atom stereocenters. The number of piperidine rings is 1. The normalized spacial score (nSPS) is 18.1. The first kappa shape index (κ1) is 27.2. The molecule has 2 aliphatic heterocycles. The second kappa shape index (κ2) is 11.4. The number of hydrogen-bond donors (Lipinski definition) is 0. The van der Waals surface area contributed by atoms with E-state index in [1.807, 2.05) is 5.38 Å². The number of oxime groups is 1. The second-order valence-electron chi connectivity index (χ2n) is 9.04. The minimum Gasteiger partial charge on any atom is -0.387 e. The Hall–Kier alpha value is -2.34. The van der Waals surface area contributed by atoms with Gasteiger partial charge in [0, 0.05) is 57.1 Å². The number of halogens is 5. The molecule has 1 fully saturated rings. The van der Waals surface area contributed by atoms with Gasteiger partial charge in [0.2, 0.25) is 5.91 Å². The fraction of sp³-hybridized carbons (Fsp3) is 0.360. The number of pyridine rings is 1. The molecule has 2 aliphatic rings. The molecule has 200 valence electrons. The molecule has 7 nitrogen and oxygen atoms in total. The van der Waals surface area contributed by atoms with Crippen molar-refractivity contribution < 1.29 is 18.4 Å². The van der Waals surface area contributed by atoms with E-state index in [-0.39, 0.29) is 24.5 Å². The van der Waals surface area contributed by atoms with Crippen molar-refractivity contribution in [3.63, 3.8) is 0 Å². The first-order chi connectivity index (χ1) is 18.2. The minimum absolute atomic E-state index is 0.175. The predicted molar refractivity (Wildman–Crippen MR) is 145 cm³/mol. The number of aromatic nitrogens is 2. The first-order valence-corrected chi connectivity index (χ1v) is 14.2. The Morgan fingerprint density at radius 2 is 1.95 bits per heavy atom. The van der Waals surface area contributed by atoms with Gasteiger partial charge in [-0.1, -0.05) is 34.4 Å². The van der Waals surface area contributed by atoms with E-state index in [9.17, 15) is 18.4 Å². The van der Waals surface area contributed by atoms with Crippen LogP contribution in [0.15, 0.2) is 50.3 Å². The fourth-order valence-electron chi connectivity index (χ4n) is 4.63. The number of carbonyl (C=O) groups is 1. The Labute approximate surface area is 239 Å². The Bertz CT molecular complexity index is 1440. The molecule has 1 aromatic carbocycles. The molecular formula is C25H21BrCl2F2N4O3S. The summed E-state index contributed by atoms with van der Waals surface area (Å²) >= 11 is 17.3. The van der Waals surface area contributed by atoms with Crippen molar-refractivity contribution in [1.82, 2.24) is 14.5 Å². The highest BCUT2D eigenvalue weighted by molar-refractivity contribution is 9.10. The number of amides is 1. The van der Waals surface area contributed by atoms with E-state index in [0.29, 0.717) is 52.4 Å². The van der Waals surface area contributed by atoms with Gasteiger partial charge in [0.25, 0.3) is 12.0 Å². The molecule has 0 N–H and O–H groups in total. The molecule has 4 heterocycles. The lowest BCUT2D eigenvalue weighted by atomic mass is 9.97. The van der Waals surface area contributed by atoms with Gasteiger partial charge in [0.15, 0.2) is 6.10 Å². The van der Waals surface area contributed by atoms with Crippen LogP contribution in [0.3, 0.4) is 0 Å². The summed E-state index contributed by atoms with van der Waals surface area (Å²) in [5, 5.41) is 8.18. The summed E-state index contributed by atoms with van der Waals surface area (Å²) in [6.07, 6.45) is -0.0241. The zero-order valence-corrected chi connectivity index (χ0v) is 23.7. The molecule has 2 aromatic heterocycles. The molecular weight excluding hydrogens is 625 g/mol. The number of alkyl halides is 2. The van der Waals surface area contributed by atoms with Crippen LogP contribution in [0.25, 0.3) is 0 Å². The van der Waals surface area contributed by atoms with Crippen molar-refractivity contribution in [2.75, 3.05) is 13.1 Å². The van der Waals surface area contributed by atoms with Gasteiger partial charge in [0.05, 0.1) is 16.3 Å². The van der Waals surface area contributed by atoms with Crippen LogP contribution in [-0.2, 0) is 16.2 Å². The van der Waals surface area contributed by atoms with Crippen LogP contribution in [-0.4, -0.2) is 39.2 Å². The van der Waals surface area contributed by atoms with Gasteiger partial charge in [-0.15, -0.1) is 11.3 Å². The lowest BCUT2D eigenvalue weighted by molar-refractivity contribution is -0.133. The number of carbonyl (C=O) groups excluding carboxylic acids is 1. The maximum absolute atomic E-state index is 13.2. The monoisotopic (exact) mass is 644 g/mol. The quantitative estimate of drug-likeness (QED) is 0.303. The maximum atomic E-state index is 13.2. The summed E-state index contributed by atoms with van der Waals surface area (Å²) in [4.78, 5) is 37.2. The van der Waals surface area contributed by atoms with Gasteiger partial charge in [-0.25, -0.2) is 13.8 Å². The molecule has 0 radical (unpaired) electrons. The van der Waals surface area contributed by atoms with Crippen LogP contribution >= 0.6 is 50.5 Å². The summed E-state index contributed by atoms with van der Waals surface area (Å²) in [5.74, 6) is -0.112. The summed E-state index contributed by atoms with van der Waals surface area (Å²) < 4.78 is 27.7. The van der Waals surface area contributed by atoms with Crippen LogP contribution in [0.1, 0.15) is 59.5 Å². The molecule has 5 rings (SSSR count). The van der Waals surface area contributed by atoms with E-state index in [2.05, 4.69) is 21.1 Å². The largest absolute Gasteiger partial charge is 0.387 e. The number of thiazole rings is 1. The maximum Gasteiger partial charge on any atom is 0.269 e. The third kappa shape index (κ3) is 5.66. The lowest BCUT2D eigenvalue weighted by Gasteiger charge is -2.31. The smallest absolute Gasteiger partial charge is 0.269 e. The summed E-state index contributed by atoms with van der Waals surface area (Å²) in [6.45, 7) is 0.681. The Balaban J connectivity index is 1.19. The average Bonchev–Trinajstić information content (AvgIpc) is 3.56. The average molecular weight is 646 g/mol. The summed E-state index contributed by atoms with van der Waals surface area (Å²) in [7, 11) is 0. The van der Waals surface area contributed by atoms with Gasteiger partial charge < -0.3 is 14.3 Å². The van der Waals surface area contributed by atoms with Crippen LogP contribution in [0.2, 0.25) is 10.0 Å².